The van der Waals surface area contributed by atoms with E-state index in [0.717, 1.165) is 61.1 Å². The highest BCUT2D eigenvalue weighted by Crippen LogP contribution is 2.66. The lowest BCUT2D eigenvalue weighted by Gasteiger charge is -2.37. The Kier molecular flexibility index (Phi) is 4.04. The van der Waals surface area contributed by atoms with Gasteiger partial charge in [-0.05, 0) is 67.1 Å². The molecule has 2 bridgehead atoms. The second-order valence-electron chi connectivity index (χ2n) is 8.14. The van der Waals surface area contributed by atoms with Crippen LogP contribution in [0.2, 0.25) is 0 Å². The van der Waals surface area contributed by atoms with Gasteiger partial charge in [-0.25, -0.2) is 0 Å². The monoisotopic (exact) mass is 292 g/mol. The molecule has 3 saturated carbocycles. The zero-order valence-electron chi connectivity index (χ0n) is 13.8. The maximum Gasteiger partial charge on any atom is 0.157 e. The fourth-order valence-electron chi connectivity index (χ4n) is 6.72. The van der Waals surface area contributed by atoms with E-state index in [1.807, 2.05) is 0 Å². The van der Waals surface area contributed by atoms with Crippen molar-refractivity contribution in [1.29, 1.82) is 0 Å². The Morgan fingerprint density at radius 1 is 0.810 bits per heavy atom. The van der Waals surface area contributed by atoms with Gasteiger partial charge in [0.1, 0.15) is 0 Å². The van der Waals surface area contributed by atoms with Crippen LogP contribution in [0.5, 0.6) is 0 Å². The average Bonchev–Trinajstić information content (AvgIpc) is 3.17. The molecule has 1 aliphatic heterocycles. The zero-order chi connectivity index (χ0) is 14.4. The quantitative estimate of drug-likeness (QED) is 0.760. The summed E-state index contributed by atoms with van der Waals surface area (Å²) in [5.74, 6) is 7.11. The molecule has 1 saturated heterocycles. The summed E-state index contributed by atoms with van der Waals surface area (Å²) >= 11 is 0. The first-order chi connectivity index (χ1) is 10.3. The van der Waals surface area contributed by atoms with Crippen molar-refractivity contribution in [2.24, 2.45) is 41.4 Å². The molecule has 0 radical (unpaired) electrons. The van der Waals surface area contributed by atoms with Crippen LogP contribution in [0.25, 0.3) is 0 Å². The Hall–Kier alpha value is -0.0800. The summed E-state index contributed by atoms with van der Waals surface area (Å²) in [5, 5.41) is 0. The van der Waals surface area contributed by atoms with Gasteiger partial charge in [0.25, 0.3) is 0 Å². The molecular formula is C19H32O2. The third-order valence-electron chi connectivity index (χ3n) is 7.40. The lowest BCUT2D eigenvalue weighted by Crippen LogP contribution is -2.34. The maximum absolute atomic E-state index is 5.83. The first-order valence-corrected chi connectivity index (χ1v) is 9.55. The largest absolute Gasteiger partial charge is 0.353 e. The van der Waals surface area contributed by atoms with Crippen LogP contribution in [-0.4, -0.2) is 19.5 Å². The summed E-state index contributed by atoms with van der Waals surface area (Å²) < 4.78 is 11.7. The van der Waals surface area contributed by atoms with Crippen LogP contribution in [0.4, 0.5) is 0 Å². The van der Waals surface area contributed by atoms with Crippen LogP contribution in [-0.2, 0) is 9.47 Å². The highest BCUT2D eigenvalue weighted by molar-refractivity contribution is 5.07. The van der Waals surface area contributed by atoms with Crippen molar-refractivity contribution in [3.8, 4) is 0 Å². The number of ether oxygens (including phenoxy) is 2. The van der Waals surface area contributed by atoms with Gasteiger partial charge in [-0.15, -0.1) is 0 Å². The fraction of sp³-hybridized carbons (Fsp3) is 1.00. The normalized spacial score (nSPS) is 49.7. The van der Waals surface area contributed by atoms with Crippen molar-refractivity contribution in [1.82, 2.24) is 0 Å². The van der Waals surface area contributed by atoms with E-state index >= 15 is 0 Å². The Bertz CT molecular complexity index is 363. The molecule has 3 aliphatic carbocycles. The van der Waals surface area contributed by atoms with Crippen LogP contribution in [0.1, 0.15) is 58.8 Å². The molecule has 2 heteroatoms. The van der Waals surface area contributed by atoms with Crippen molar-refractivity contribution < 1.29 is 9.47 Å². The maximum atomic E-state index is 5.83. The minimum Gasteiger partial charge on any atom is -0.353 e. The second-order valence-corrected chi connectivity index (χ2v) is 8.14. The summed E-state index contributed by atoms with van der Waals surface area (Å²) in [7, 11) is 0. The third-order valence-corrected chi connectivity index (χ3v) is 7.40. The lowest BCUT2D eigenvalue weighted by molar-refractivity contribution is -0.189. The van der Waals surface area contributed by atoms with Crippen LogP contribution >= 0.6 is 0 Å². The SMILES string of the molecule is CCC1CC(CC)C2C3CC(CC3CC3OCCCO3)C12. The Morgan fingerprint density at radius 3 is 2.24 bits per heavy atom. The van der Waals surface area contributed by atoms with E-state index in [2.05, 4.69) is 13.8 Å². The summed E-state index contributed by atoms with van der Waals surface area (Å²) in [6.07, 6.45) is 9.72. The van der Waals surface area contributed by atoms with Gasteiger partial charge < -0.3 is 9.47 Å². The van der Waals surface area contributed by atoms with E-state index in [-0.39, 0.29) is 6.29 Å². The van der Waals surface area contributed by atoms with Crippen LogP contribution in [0.3, 0.4) is 0 Å². The topological polar surface area (TPSA) is 18.5 Å². The van der Waals surface area contributed by atoms with Gasteiger partial charge in [0, 0.05) is 6.42 Å². The summed E-state index contributed by atoms with van der Waals surface area (Å²) in [5.41, 5.74) is 0. The molecule has 21 heavy (non-hydrogen) atoms. The summed E-state index contributed by atoms with van der Waals surface area (Å²) in [6.45, 7) is 6.67. The first kappa shape index (κ1) is 14.5. The fourth-order valence-corrected chi connectivity index (χ4v) is 6.72. The van der Waals surface area contributed by atoms with Gasteiger partial charge in [0.2, 0.25) is 0 Å². The van der Waals surface area contributed by atoms with E-state index in [1.54, 1.807) is 0 Å². The first-order valence-electron chi connectivity index (χ1n) is 9.55. The molecule has 120 valence electrons. The smallest absolute Gasteiger partial charge is 0.157 e. The Labute approximate surface area is 130 Å². The number of fused-ring (bicyclic) bond motifs is 5. The highest BCUT2D eigenvalue weighted by atomic mass is 16.7. The van der Waals surface area contributed by atoms with Crippen molar-refractivity contribution >= 4 is 0 Å². The van der Waals surface area contributed by atoms with E-state index in [4.69, 9.17) is 9.47 Å². The van der Waals surface area contributed by atoms with Gasteiger partial charge in [0.15, 0.2) is 6.29 Å². The molecule has 4 fully saturated rings. The highest BCUT2D eigenvalue weighted by Gasteiger charge is 2.59. The van der Waals surface area contributed by atoms with Gasteiger partial charge in [-0.1, -0.05) is 26.7 Å². The number of hydrogen-bond donors (Lipinski definition) is 0. The minimum atomic E-state index is 0.116. The van der Waals surface area contributed by atoms with E-state index in [1.165, 1.54) is 38.5 Å². The van der Waals surface area contributed by atoms with Crippen molar-refractivity contribution in [2.75, 3.05) is 13.2 Å². The van der Waals surface area contributed by atoms with Crippen LogP contribution in [0, 0.1) is 41.4 Å². The second kappa shape index (κ2) is 5.85. The Balaban J connectivity index is 1.45. The molecule has 2 nitrogen and oxygen atoms in total. The molecule has 0 aromatic heterocycles. The van der Waals surface area contributed by atoms with Crippen LogP contribution < -0.4 is 0 Å². The predicted molar refractivity (Wildman–Crippen MR) is 83.8 cm³/mol. The Morgan fingerprint density at radius 2 is 1.52 bits per heavy atom. The molecular weight excluding hydrogens is 260 g/mol. The van der Waals surface area contributed by atoms with Gasteiger partial charge >= 0.3 is 0 Å². The lowest BCUT2D eigenvalue weighted by atomic mass is 9.70. The van der Waals surface area contributed by atoms with Gasteiger partial charge in [0.05, 0.1) is 13.2 Å². The van der Waals surface area contributed by atoms with Gasteiger partial charge in [-0.3, -0.25) is 0 Å². The molecule has 0 N–H and O–H groups in total. The molecule has 1 heterocycles. The van der Waals surface area contributed by atoms with Crippen molar-refractivity contribution in [3.05, 3.63) is 0 Å². The predicted octanol–water partition coefficient (Wildman–Crippen LogP) is 4.48. The molecule has 4 rings (SSSR count). The van der Waals surface area contributed by atoms with E-state index in [9.17, 15) is 0 Å². The third kappa shape index (κ3) is 2.37. The van der Waals surface area contributed by atoms with Crippen molar-refractivity contribution in [3.63, 3.8) is 0 Å². The zero-order valence-corrected chi connectivity index (χ0v) is 13.8. The summed E-state index contributed by atoms with van der Waals surface area (Å²) in [6, 6.07) is 0. The molecule has 4 aliphatic rings. The molecule has 7 unspecified atom stereocenters. The molecule has 7 atom stereocenters. The summed E-state index contributed by atoms with van der Waals surface area (Å²) in [4.78, 5) is 0. The van der Waals surface area contributed by atoms with Crippen molar-refractivity contribution in [2.45, 2.75) is 65.1 Å². The minimum absolute atomic E-state index is 0.116. The molecule has 0 aromatic rings. The molecule has 0 amide bonds. The molecule has 0 spiro atoms. The number of rotatable bonds is 4. The standard InChI is InChI=1S/C19H32O2/c1-3-12-8-13(4-2)19-16-10-15(18(12)19)9-14(16)11-17-20-6-5-7-21-17/h12-19H,3-11H2,1-2H3. The van der Waals surface area contributed by atoms with E-state index < -0.39 is 0 Å². The number of hydrogen-bond acceptors (Lipinski definition) is 2. The average molecular weight is 292 g/mol. The van der Waals surface area contributed by atoms with E-state index in [0.29, 0.717) is 0 Å². The van der Waals surface area contributed by atoms with Crippen LogP contribution in [0.15, 0.2) is 0 Å². The van der Waals surface area contributed by atoms with Gasteiger partial charge in [-0.2, -0.15) is 0 Å². The molecule has 0 aromatic carbocycles.